The number of hydrogen-bond donors (Lipinski definition) is 2. The third-order valence-corrected chi connectivity index (χ3v) is 3.43. The Hall–Kier alpha value is -2.04. The standard InChI is InChI=1S/C15H22N2O3/c1-4-13(5-2)17(3)15(20)16-10-11-7-6-8-12(9-11)14(18)19/h6-9,13H,4-5,10H2,1-3H3,(H,16,20)(H,18,19). The van der Waals surface area contributed by atoms with E-state index in [1.165, 1.54) is 6.07 Å². The van der Waals surface area contributed by atoms with Crippen LogP contribution in [0.5, 0.6) is 0 Å². The molecule has 0 unspecified atom stereocenters. The van der Waals surface area contributed by atoms with Gasteiger partial charge in [0, 0.05) is 19.6 Å². The van der Waals surface area contributed by atoms with Gasteiger partial charge in [0.25, 0.3) is 0 Å². The molecule has 0 bridgehead atoms. The van der Waals surface area contributed by atoms with Crippen LogP contribution in [0.25, 0.3) is 0 Å². The molecule has 0 spiro atoms. The van der Waals surface area contributed by atoms with Crippen LogP contribution >= 0.6 is 0 Å². The summed E-state index contributed by atoms with van der Waals surface area (Å²) < 4.78 is 0. The number of benzene rings is 1. The van der Waals surface area contributed by atoms with Gasteiger partial charge in [-0.1, -0.05) is 26.0 Å². The molecule has 0 saturated carbocycles. The van der Waals surface area contributed by atoms with Gasteiger partial charge in [-0.05, 0) is 30.5 Å². The van der Waals surface area contributed by atoms with E-state index in [9.17, 15) is 9.59 Å². The van der Waals surface area contributed by atoms with Gasteiger partial charge in [-0.2, -0.15) is 0 Å². The van der Waals surface area contributed by atoms with Crippen molar-refractivity contribution in [3.8, 4) is 0 Å². The maximum absolute atomic E-state index is 12.0. The van der Waals surface area contributed by atoms with Crippen LogP contribution in [0, 0.1) is 0 Å². The lowest BCUT2D eigenvalue weighted by Gasteiger charge is -2.26. The highest BCUT2D eigenvalue weighted by Crippen LogP contribution is 2.08. The molecular formula is C15H22N2O3. The molecule has 5 heteroatoms. The van der Waals surface area contributed by atoms with Crippen LogP contribution in [0.3, 0.4) is 0 Å². The summed E-state index contributed by atoms with van der Waals surface area (Å²) >= 11 is 0. The highest BCUT2D eigenvalue weighted by molar-refractivity contribution is 5.87. The Kier molecular flexibility index (Phi) is 6.03. The minimum absolute atomic E-state index is 0.139. The van der Waals surface area contributed by atoms with Gasteiger partial charge >= 0.3 is 12.0 Å². The monoisotopic (exact) mass is 278 g/mol. The van der Waals surface area contributed by atoms with E-state index in [-0.39, 0.29) is 17.6 Å². The van der Waals surface area contributed by atoms with E-state index in [2.05, 4.69) is 5.32 Å². The molecule has 2 N–H and O–H groups in total. The van der Waals surface area contributed by atoms with Crippen molar-refractivity contribution in [2.24, 2.45) is 0 Å². The first-order chi connectivity index (χ1) is 9.49. The minimum Gasteiger partial charge on any atom is -0.478 e. The van der Waals surface area contributed by atoms with Crippen LogP contribution < -0.4 is 5.32 Å². The maximum Gasteiger partial charge on any atom is 0.335 e. The third-order valence-electron chi connectivity index (χ3n) is 3.43. The third kappa shape index (κ3) is 4.26. The topological polar surface area (TPSA) is 69.6 Å². The predicted octanol–water partition coefficient (Wildman–Crippen LogP) is 2.71. The van der Waals surface area contributed by atoms with Crippen molar-refractivity contribution in [1.29, 1.82) is 0 Å². The Labute approximate surface area is 119 Å². The van der Waals surface area contributed by atoms with Gasteiger partial charge in [0.1, 0.15) is 0 Å². The number of carboxylic acids is 1. The van der Waals surface area contributed by atoms with Gasteiger partial charge in [0.2, 0.25) is 0 Å². The van der Waals surface area contributed by atoms with Crippen molar-refractivity contribution in [2.75, 3.05) is 7.05 Å². The molecule has 1 aromatic carbocycles. The number of urea groups is 1. The number of rotatable bonds is 6. The molecular weight excluding hydrogens is 256 g/mol. The van der Waals surface area contributed by atoms with E-state index in [1.807, 2.05) is 13.8 Å². The molecule has 1 aromatic rings. The zero-order valence-corrected chi connectivity index (χ0v) is 12.2. The summed E-state index contributed by atoms with van der Waals surface area (Å²) in [5.74, 6) is -0.965. The normalized spacial score (nSPS) is 10.4. The van der Waals surface area contributed by atoms with Crippen LogP contribution in [0.1, 0.15) is 42.6 Å². The number of hydrogen-bond acceptors (Lipinski definition) is 2. The Balaban J connectivity index is 2.60. The number of nitrogens with one attached hydrogen (secondary N) is 1. The summed E-state index contributed by atoms with van der Waals surface area (Å²) in [6, 6.07) is 6.66. The second-order valence-electron chi connectivity index (χ2n) is 4.75. The molecule has 0 aliphatic heterocycles. The Morgan fingerprint density at radius 2 is 1.95 bits per heavy atom. The zero-order valence-electron chi connectivity index (χ0n) is 12.2. The molecule has 110 valence electrons. The summed E-state index contributed by atoms with van der Waals surface area (Å²) in [6.07, 6.45) is 1.82. The van der Waals surface area contributed by atoms with E-state index in [0.29, 0.717) is 6.54 Å². The highest BCUT2D eigenvalue weighted by atomic mass is 16.4. The molecule has 2 amide bonds. The lowest BCUT2D eigenvalue weighted by molar-refractivity contribution is 0.0696. The quantitative estimate of drug-likeness (QED) is 0.840. The van der Waals surface area contributed by atoms with Gasteiger partial charge in [-0.3, -0.25) is 0 Å². The fourth-order valence-electron chi connectivity index (χ4n) is 2.12. The first-order valence-electron chi connectivity index (χ1n) is 6.82. The van der Waals surface area contributed by atoms with Crippen molar-refractivity contribution in [3.63, 3.8) is 0 Å². The molecule has 0 aromatic heterocycles. The summed E-state index contributed by atoms with van der Waals surface area (Å²) in [5.41, 5.74) is 1.00. The lowest BCUT2D eigenvalue weighted by Crippen LogP contribution is -2.42. The van der Waals surface area contributed by atoms with Crippen LogP contribution in [0.15, 0.2) is 24.3 Å². The SMILES string of the molecule is CCC(CC)N(C)C(=O)NCc1cccc(C(=O)O)c1. The van der Waals surface area contributed by atoms with E-state index in [4.69, 9.17) is 5.11 Å². The number of aromatic carboxylic acids is 1. The Morgan fingerprint density at radius 3 is 2.50 bits per heavy atom. The molecule has 0 aliphatic rings. The molecule has 1 rings (SSSR count). The molecule has 0 fully saturated rings. The van der Waals surface area contributed by atoms with E-state index in [1.54, 1.807) is 30.1 Å². The molecule has 20 heavy (non-hydrogen) atoms. The largest absolute Gasteiger partial charge is 0.478 e. The van der Waals surface area contributed by atoms with Crippen molar-refractivity contribution >= 4 is 12.0 Å². The molecule has 0 radical (unpaired) electrons. The number of carbonyl (C=O) groups excluding carboxylic acids is 1. The predicted molar refractivity (Wildman–Crippen MR) is 77.8 cm³/mol. The van der Waals surface area contributed by atoms with Gasteiger partial charge in [0.05, 0.1) is 5.56 Å². The van der Waals surface area contributed by atoms with Gasteiger partial charge < -0.3 is 15.3 Å². The van der Waals surface area contributed by atoms with Crippen LogP contribution in [-0.2, 0) is 6.54 Å². The molecule has 0 saturated heterocycles. The van der Waals surface area contributed by atoms with Gasteiger partial charge in [0.15, 0.2) is 0 Å². The molecule has 5 nitrogen and oxygen atoms in total. The van der Waals surface area contributed by atoms with Crippen molar-refractivity contribution in [1.82, 2.24) is 10.2 Å². The van der Waals surface area contributed by atoms with E-state index in [0.717, 1.165) is 18.4 Å². The minimum atomic E-state index is -0.965. The van der Waals surface area contributed by atoms with E-state index < -0.39 is 5.97 Å². The van der Waals surface area contributed by atoms with Gasteiger partial charge in [-0.15, -0.1) is 0 Å². The number of nitrogens with zero attached hydrogens (tertiary/aromatic N) is 1. The molecule has 0 heterocycles. The summed E-state index contributed by atoms with van der Waals surface area (Å²) in [4.78, 5) is 24.6. The first-order valence-corrected chi connectivity index (χ1v) is 6.82. The van der Waals surface area contributed by atoms with Gasteiger partial charge in [-0.25, -0.2) is 9.59 Å². The molecule has 0 aliphatic carbocycles. The average molecular weight is 278 g/mol. The zero-order chi connectivity index (χ0) is 15.1. The summed E-state index contributed by atoms with van der Waals surface area (Å²) in [5, 5.41) is 11.7. The second-order valence-corrected chi connectivity index (χ2v) is 4.75. The molecule has 0 atom stereocenters. The van der Waals surface area contributed by atoms with Crippen molar-refractivity contribution in [2.45, 2.75) is 39.3 Å². The van der Waals surface area contributed by atoms with Crippen molar-refractivity contribution in [3.05, 3.63) is 35.4 Å². The van der Waals surface area contributed by atoms with Crippen LogP contribution in [-0.4, -0.2) is 35.1 Å². The van der Waals surface area contributed by atoms with Crippen molar-refractivity contribution < 1.29 is 14.7 Å². The average Bonchev–Trinajstić information content (AvgIpc) is 2.46. The smallest absolute Gasteiger partial charge is 0.335 e. The second kappa shape index (κ2) is 7.53. The van der Waals surface area contributed by atoms with Crippen LogP contribution in [0.2, 0.25) is 0 Å². The fraction of sp³-hybridized carbons (Fsp3) is 0.467. The maximum atomic E-state index is 12.0. The number of amides is 2. The first kappa shape index (κ1) is 16.0. The van der Waals surface area contributed by atoms with E-state index >= 15 is 0 Å². The number of carbonyl (C=O) groups is 2. The Bertz CT molecular complexity index is 470. The van der Waals surface area contributed by atoms with Crippen LogP contribution in [0.4, 0.5) is 4.79 Å². The number of carboxylic acid groups (broad SMARTS) is 1. The fourth-order valence-corrected chi connectivity index (χ4v) is 2.12. The lowest BCUT2D eigenvalue weighted by atomic mass is 10.1. The summed E-state index contributed by atoms with van der Waals surface area (Å²) in [7, 11) is 1.78. The Morgan fingerprint density at radius 1 is 1.30 bits per heavy atom. The summed E-state index contributed by atoms with van der Waals surface area (Å²) in [6.45, 7) is 4.42. The highest BCUT2D eigenvalue weighted by Gasteiger charge is 2.16.